The molecule has 3 unspecified atom stereocenters. The average molecular weight is 552 g/mol. The fourth-order valence-corrected chi connectivity index (χ4v) is 6.99. The molecule has 4 aliphatic rings. The number of Topliss-reactive ketones (excluding diaryl/α,β-unsaturated/α-hetero) is 1. The number of piperazine rings is 1. The quantitative estimate of drug-likeness (QED) is 0.534. The van der Waals surface area contributed by atoms with Gasteiger partial charge in [-0.1, -0.05) is 26.7 Å². The van der Waals surface area contributed by atoms with Gasteiger partial charge >= 0.3 is 0 Å². The number of anilines is 1. The van der Waals surface area contributed by atoms with E-state index in [1.165, 1.54) is 12.8 Å². The van der Waals surface area contributed by atoms with Gasteiger partial charge in [0, 0.05) is 50.4 Å². The number of carbonyl (C=O) groups is 4. The molecule has 1 aromatic rings. The van der Waals surface area contributed by atoms with Gasteiger partial charge in [0.25, 0.3) is 5.91 Å². The summed E-state index contributed by atoms with van der Waals surface area (Å²) in [6.45, 7) is 8.48. The molecule has 9 heteroatoms. The van der Waals surface area contributed by atoms with Crippen molar-refractivity contribution in [1.82, 2.24) is 20.0 Å². The Balaban J connectivity index is 1.23. The molecule has 4 fully saturated rings. The maximum Gasteiger partial charge on any atom is 0.251 e. The number of rotatable bonds is 8. The fraction of sp³-hybridized carbons (Fsp3) is 0.677. The van der Waals surface area contributed by atoms with Gasteiger partial charge in [0.1, 0.15) is 12.1 Å². The molecule has 0 spiro atoms. The number of ketones is 1. The van der Waals surface area contributed by atoms with Crippen molar-refractivity contribution in [3.05, 3.63) is 29.8 Å². The van der Waals surface area contributed by atoms with Crippen LogP contribution in [0, 0.1) is 11.8 Å². The molecule has 1 aromatic carbocycles. The van der Waals surface area contributed by atoms with Crippen molar-refractivity contribution in [3.8, 4) is 0 Å². The molecule has 3 aliphatic heterocycles. The van der Waals surface area contributed by atoms with Crippen LogP contribution >= 0.6 is 0 Å². The number of hydrogen-bond acceptors (Lipinski definition) is 6. The zero-order valence-corrected chi connectivity index (χ0v) is 24.3. The largest absolute Gasteiger partial charge is 0.369 e. The van der Waals surface area contributed by atoms with Crippen LogP contribution in [-0.2, 0) is 14.4 Å². The number of carbonyl (C=O) groups excluding carboxylic acids is 4. The van der Waals surface area contributed by atoms with Crippen molar-refractivity contribution in [2.24, 2.45) is 11.8 Å². The van der Waals surface area contributed by atoms with Crippen molar-refractivity contribution in [2.45, 2.75) is 76.9 Å². The molecule has 0 bridgehead atoms. The highest BCUT2D eigenvalue weighted by molar-refractivity contribution is 6.01. The summed E-state index contributed by atoms with van der Waals surface area (Å²) in [5, 5.41) is 2.98. The van der Waals surface area contributed by atoms with Crippen LogP contribution in [0.2, 0.25) is 0 Å². The van der Waals surface area contributed by atoms with Crippen molar-refractivity contribution in [2.75, 3.05) is 51.2 Å². The van der Waals surface area contributed by atoms with Crippen LogP contribution in [0.1, 0.15) is 69.2 Å². The van der Waals surface area contributed by atoms with Crippen LogP contribution in [0.25, 0.3) is 0 Å². The van der Waals surface area contributed by atoms with E-state index in [-0.39, 0.29) is 42.0 Å². The van der Waals surface area contributed by atoms with E-state index in [9.17, 15) is 19.2 Å². The predicted molar refractivity (Wildman–Crippen MR) is 154 cm³/mol. The standard InChI is InChI=1S/C31H45N5O4/c1-21(2)18-25(32-30(39)23-8-10-24(11-9-23)34-16-14-33(3)15-17-34)31(40)35-13-12-26-29(35)27(37)20-36(26)28(38)19-22-6-4-5-7-22/h8-11,21-22,25-26,29H,4-7,12-20H2,1-3H3,(H,32,39). The molecule has 1 saturated carbocycles. The number of likely N-dealkylation sites (tertiary alicyclic amines) is 2. The average Bonchev–Trinajstić information content (AvgIpc) is 3.67. The van der Waals surface area contributed by atoms with E-state index in [1.54, 1.807) is 9.80 Å². The molecular formula is C31H45N5O4. The molecule has 1 aliphatic carbocycles. The van der Waals surface area contributed by atoms with Crippen molar-refractivity contribution in [1.29, 1.82) is 0 Å². The summed E-state index contributed by atoms with van der Waals surface area (Å²) in [7, 11) is 2.12. The van der Waals surface area contributed by atoms with Gasteiger partial charge < -0.3 is 24.9 Å². The molecule has 0 aromatic heterocycles. The second-order valence-corrected chi connectivity index (χ2v) is 12.7. The number of fused-ring (bicyclic) bond motifs is 1. The summed E-state index contributed by atoms with van der Waals surface area (Å²) in [5.41, 5.74) is 1.61. The maximum absolute atomic E-state index is 13.8. The fourth-order valence-electron chi connectivity index (χ4n) is 6.99. The van der Waals surface area contributed by atoms with Crippen LogP contribution in [0.15, 0.2) is 24.3 Å². The van der Waals surface area contributed by atoms with Crippen LogP contribution in [0.4, 0.5) is 5.69 Å². The van der Waals surface area contributed by atoms with Crippen molar-refractivity contribution < 1.29 is 19.2 Å². The highest BCUT2D eigenvalue weighted by Gasteiger charge is 2.52. The van der Waals surface area contributed by atoms with E-state index in [0.717, 1.165) is 44.7 Å². The van der Waals surface area contributed by atoms with Gasteiger partial charge in [0.05, 0.1) is 12.6 Å². The Kier molecular flexibility index (Phi) is 8.78. The molecule has 3 saturated heterocycles. The summed E-state index contributed by atoms with van der Waals surface area (Å²) < 4.78 is 0. The van der Waals surface area contributed by atoms with E-state index in [1.807, 2.05) is 38.1 Å². The molecule has 3 atom stereocenters. The lowest BCUT2D eigenvalue weighted by molar-refractivity contribution is -0.138. The Morgan fingerprint density at radius 2 is 1.60 bits per heavy atom. The van der Waals surface area contributed by atoms with Gasteiger partial charge in [-0.3, -0.25) is 19.2 Å². The summed E-state index contributed by atoms with van der Waals surface area (Å²) in [5.74, 6) is 0.0738. The van der Waals surface area contributed by atoms with Gasteiger partial charge in [-0.2, -0.15) is 0 Å². The Morgan fingerprint density at radius 1 is 0.925 bits per heavy atom. The van der Waals surface area contributed by atoms with Crippen LogP contribution < -0.4 is 10.2 Å². The zero-order chi connectivity index (χ0) is 28.4. The highest BCUT2D eigenvalue weighted by atomic mass is 16.2. The monoisotopic (exact) mass is 551 g/mol. The minimum absolute atomic E-state index is 0.0501. The van der Waals surface area contributed by atoms with Gasteiger partial charge in [0.2, 0.25) is 11.8 Å². The molecular weight excluding hydrogens is 506 g/mol. The van der Waals surface area contributed by atoms with Gasteiger partial charge in [-0.15, -0.1) is 0 Å². The summed E-state index contributed by atoms with van der Waals surface area (Å²) in [6.07, 6.45) is 6.11. The first-order valence-corrected chi connectivity index (χ1v) is 15.2. The van der Waals surface area contributed by atoms with Gasteiger partial charge in [-0.25, -0.2) is 0 Å². The molecule has 3 heterocycles. The van der Waals surface area contributed by atoms with E-state index in [0.29, 0.717) is 37.3 Å². The maximum atomic E-state index is 13.8. The summed E-state index contributed by atoms with van der Waals surface area (Å²) in [6, 6.07) is 6.01. The third-order valence-corrected chi connectivity index (χ3v) is 9.27. The van der Waals surface area contributed by atoms with E-state index in [4.69, 9.17) is 0 Å². The van der Waals surface area contributed by atoms with Crippen molar-refractivity contribution >= 4 is 29.2 Å². The number of hydrogen-bond donors (Lipinski definition) is 1. The third-order valence-electron chi connectivity index (χ3n) is 9.27. The molecule has 218 valence electrons. The summed E-state index contributed by atoms with van der Waals surface area (Å²) >= 11 is 0. The lowest BCUT2D eigenvalue weighted by atomic mass is 10.0. The van der Waals surface area contributed by atoms with Crippen LogP contribution in [-0.4, -0.2) is 103 Å². The van der Waals surface area contributed by atoms with E-state index >= 15 is 0 Å². The first-order chi connectivity index (χ1) is 19.2. The normalized spacial score (nSPS) is 24.6. The minimum Gasteiger partial charge on any atom is -0.369 e. The number of likely N-dealkylation sites (N-methyl/N-ethyl adjacent to an activating group) is 1. The predicted octanol–water partition coefficient (Wildman–Crippen LogP) is 2.54. The van der Waals surface area contributed by atoms with Crippen LogP contribution in [0.3, 0.4) is 0 Å². The van der Waals surface area contributed by atoms with Gasteiger partial charge in [-0.05, 0) is 68.8 Å². The van der Waals surface area contributed by atoms with Crippen LogP contribution in [0.5, 0.6) is 0 Å². The Labute approximate surface area is 238 Å². The number of amides is 3. The Morgan fingerprint density at radius 3 is 2.25 bits per heavy atom. The molecule has 0 radical (unpaired) electrons. The SMILES string of the molecule is CC(C)CC(NC(=O)c1ccc(N2CCN(C)CC2)cc1)C(=O)N1CCC2C1C(=O)CN2C(=O)CC1CCCC1. The van der Waals surface area contributed by atoms with E-state index < -0.39 is 12.1 Å². The first kappa shape index (κ1) is 28.6. The topological polar surface area (TPSA) is 93.3 Å². The number of nitrogens with zero attached hydrogens (tertiary/aromatic N) is 4. The lowest BCUT2D eigenvalue weighted by Crippen LogP contribution is -2.53. The third kappa shape index (κ3) is 6.19. The second kappa shape index (κ2) is 12.3. The Bertz CT molecular complexity index is 1090. The lowest BCUT2D eigenvalue weighted by Gasteiger charge is -2.34. The summed E-state index contributed by atoms with van der Waals surface area (Å²) in [4.78, 5) is 61.3. The van der Waals surface area contributed by atoms with Crippen molar-refractivity contribution in [3.63, 3.8) is 0 Å². The number of nitrogens with one attached hydrogen (secondary N) is 1. The zero-order valence-electron chi connectivity index (χ0n) is 24.3. The second-order valence-electron chi connectivity index (χ2n) is 12.7. The highest BCUT2D eigenvalue weighted by Crippen LogP contribution is 2.34. The van der Waals surface area contributed by atoms with Gasteiger partial charge in [0.15, 0.2) is 5.78 Å². The molecule has 1 N–H and O–H groups in total. The molecule has 9 nitrogen and oxygen atoms in total. The minimum atomic E-state index is -0.723. The number of benzene rings is 1. The molecule has 3 amide bonds. The Hall–Kier alpha value is -2.94. The first-order valence-electron chi connectivity index (χ1n) is 15.2. The van der Waals surface area contributed by atoms with E-state index in [2.05, 4.69) is 22.2 Å². The molecule has 40 heavy (non-hydrogen) atoms. The molecule has 5 rings (SSSR count). The smallest absolute Gasteiger partial charge is 0.251 e.